The summed E-state index contributed by atoms with van der Waals surface area (Å²) in [6.45, 7) is 14.0. The predicted molar refractivity (Wildman–Crippen MR) is 90.0 cm³/mol. The zero-order valence-corrected chi connectivity index (χ0v) is 14.8. The van der Waals surface area contributed by atoms with Crippen LogP contribution in [0, 0.1) is 0 Å². The summed E-state index contributed by atoms with van der Waals surface area (Å²) in [7, 11) is 0. The Kier molecular flexibility index (Phi) is 6.24. The minimum absolute atomic E-state index is 0.170. The summed E-state index contributed by atoms with van der Waals surface area (Å²) in [5.41, 5.74) is -0.473. The van der Waals surface area contributed by atoms with E-state index in [9.17, 15) is 4.79 Å². The van der Waals surface area contributed by atoms with Crippen molar-refractivity contribution in [2.75, 3.05) is 52.4 Å². The minimum atomic E-state index is -0.473. The first-order valence-electron chi connectivity index (χ1n) is 8.46. The summed E-state index contributed by atoms with van der Waals surface area (Å²) in [5.74, 6) is 0.833. The Morgan fingerprint density at radius 3 is 2.91 bits per heavy atom. The van der Waals surface area contributed by atoms with Crippen LogP contribution in [0.25, 0.3) is 0 Å². The predicted octanol–water partition coefficient (Wildman–Crippen LogP) is 0.946. The molecule has 2 aliphatic heterocycles. The fourth-order valence-corrected chi connectivity index (χ4v) is 2.63. The van der Waals surface area contributed by atoms with E-state index in [4.69, 9.17) is 9.47 Å². The summed E-state index contributed by atoms with van der Waals surface area (Å²) >= 11 is 0. The number of hydrogen-bond donors (Lipinski definition) is 1. The van der Waals surface area contributed by atoms with Gasteiger partial charge >= 0.3 is 6.09 Å². The van der Waals surface area contributed by atoms with Crippen LogP contribution < -0.4 is 5.32 Å². The van der Waals surface area contributed by atoms with E-state index in [1.807, 2.05) is 20.8 Å². The molecule has 2 rings (SSSR count). The number of carbonyl (C=O) groups is 1. The Morgan fingerprint density at radius 1 is 1.43 bits per heavy atom. The number of morpholine rings is 1. The average Bonchev–Trinajstić information content (AvgIpc) is 2.52. The fourth-order valence-electron chi connectivity index (χ4n) is 2.63. The molecule has 0 aromatic heterocycles. The molecule has 2 aliphatic rings. The highest BCUT2D eigenvalue weighted by atomic mass is 16.6. The molecule has 132 valence electrons. The number of hydrogen-bond acceptors (Lipinski definition) is 6. The van der Waals surface area contributed by atoms with E-state index in [2.05, 4.69) is 22.1 Å². The Morgan fingerprint density at radius 2 is 2.22 bits per heavy atom. The van der Waals surface area contributed by atoms with Crippen molar-refractivity contribution in [1.29, 1.82) is 0 Å². The molecule has 7 heteroatoms. The molecule has 1 N–H and O–H groups in total. The molecule has 0 radical (unpaired) electrons. The van der Waals surface area contributed by atoms with Gasteiger partial charge in [0.25, 0.3) is 0 Å². The SMILES string of the molecule is CCN1CCOC(CNC2=NCCN(C(=O)OC(C)(C)C)C2)C1. The van der Waals surface area contributed by atoms with Crippen molar-refractivity contribution in [3.8, 4) is 0 Å². The van der Waals surface area contributed by atoms with Gasteiger partial charge in [-0.1, -0.05) is 6.92 Å². The molecule has 7 nitrogen and oxygen atoms in total. The number of aliphatic imine (C=N–C) groups is 1. The van der Waals surface area contributed by atoms with Crippen LogP contribution in [0.2, 0.25) is 0 Å². The van der Waals surface area contributed by atoms with E-state index in [0.29, 0.717) is 19.6 Å². The van der Waals surface area contributed by atoms with Crippen molar-refractivity contribution in [3.63, 3.8) is 0 Å². The lowest BCUT2D eigenvalue weighted by atomic mass is 10.2. The van der Waals surface area contributed by atoms with Crippen molar-refractivity contribution < 1.29 is 14.3 Å². The topological polar surface area (TPSA) is 66.4 Å². The van der Waals surface area contributed by atoms with E-state index in [0.717, 1.165) is 38.6 Å². The van der Waals surface area contributed by atoms with Gasteiger partial charge in [0, 0.05) is 26.2 Å². The highest BCUT2D eigenvalue weighted by molar-refractivity contribution is 5.87. The van der Waals surface area contributed by atoms with Crippen LogP contribution in [0.15, 0.2) is 4.99 Å². The van der Waals surface area contributed by atoms with Gasteiger partial charge in [0.15, 0.2) is 0 Å². The number of ether oxygens (including phenoxy) is 2. The molecule has 0 spiro atoms. The van der Waals surface area contributed by atoms with Gasteiger partial charge < -0.3 is 14.8 Å². The molecule has 0 bridgehead atoms. The van der Waals surface area contributed by atoms with Gasteiger partial charge in [-0.3, -0.25) is 14.8 Å². The van der Waals surface area contributed by atoms with Crippen molar-refractivity contribution >= 4 is 11.9 Å². The molecule has 0 saturated carbocycles. The van der Waals surface area contributed by atoms with E-state index in [1.165, 1.54) is 0 Å². The van der Waals surface area contributed by atoms with Gasteiger partial charge in [0.05, 0.1) is 25.8 Å². The quantitative estimate of drug-likeness (QED) is 0.836. The number of nitrogens with one attached hydrogen (secondary N) is 1. The Labute approximate surface area is 139 Å². The van der Waals surface area contributed by atoms with Crippen LogP contribution in [0.5, 0.6) is 0 Å². The molecule has 0 aliphatic carbocycles. The molecule has 1 unspecified atom stereocenters. The van der Waals surface area contributed by atoms with Crippen LogP contribution in [0.4, 0.5) is 4.79 Å². The molecule has 0 aromatic rings. The zero-order chi connectivity index (χ0) is 16.9. The van der Waals surface area contributed by atoms with E-state index in [-0.39, 0.29) is 12.2 Å². The molecule has 1 saturated heterocycles. The van der Waals surface area contributed by atoms with Gasteiger partial charge in [0.1, 0.15) is 11.4 Å². The van der Waals surface area contributed by atoms with Crippen LogP contribution >= 0.6 is 0 Å². The summed E-state index contributed by atoms with van der Waals surface area (Å²) < 4.78 is 11.2. The fraction of sp³-hybridized carbons (Fsp3) is 0.875. The lowest BCUT2D eigenvalue weighted by Gasteiger charge is -2.33. The van der Waals surface area contributed by atoms with Gasteiger partial charge in [-0.05, 0) is 27.3 Å². The normalized spacial score (nSPS) is 23.4. The molecule has 1 atom stereocenters. The van der Waals surface area contributed by atoms with Gasteiger partial charge in [-0.2, -0.15) is 0 Å². The van der Waals surface area contributed by atoms with E-state index < -0.39 is 5.60 Å². The van der Waals surface area contributed by atoms with Crippen LogP contribution in [-0.4, -0.2) is 85.9 Å². The number of carbonyl (C=O) groups excluding carboxylic acids is 1. The maximum Gasteiger partial charge on any atom is 0.410 e. The maximum absolute atomic E-state index is 12.1. The van der Waals surface area contributed by atoms with Crippen LogP contribution in [0.1, 0.15) is 27.7 Å². The molecule has 2 heterocycles. The second-order valence-corrected chi connectivity index (χ2v) is 7.00. The third kappa shape index (κ3) is 5.99. The number of likely N-dealkylation sites (N-methyl/N-ethyl adjacent to an activating group) is 1. The second kappa shape index (κ2) is 7.97. The monoisotopic (exact) mass is 326 g/mol. The zero-order valence-electron chi connectivity index (χ0n) is 14.8. The van der Waals surface area contributed by atoms with Crippen molar-refractivity contribution in [3.05, 3.63) is 0 Å². The van der Waals surface area contributed by atoms with E-state index >= 15 is 0 Å². The smallest absolute Gasteiger partial charge is 0.410 e. The summed E-state index contributed by atoms with van der Waals surface area (Å²) in [6.07, 6.45) is -0.110. The first kappa shape index (κ1) is 18.0. The first-order valence-corrected chi connectivity index (χ1v) is 8.46. The highest BCUT2D eigenvalue weighted by Gasteiger charge is 2.26. The van der Waals surface area contributed by atoms with E-state index in [1.54, 1.807) is 4.90 Å². The average molecular weight is 326 g/mol. The summed E-state index contributed by atoms with van der Waals surface area (Å²) in [5, 5.41) is 3.33. The van der Waals surface area contributed by atoms with Gasteiger partial charge in [0.2, 0.25) is 0 Å². The van der Waals surface area contributed by atoms with Crippen LogP contribution in [0.3, 0.4) is 0 Å². The number of rotatable bonds is 3. The summed E-state index contributed by atoms with van der Waals surface area (Å²) in [4.78, 5) is 20.7. The first-order chi connectivity index (χ1) is 10.9. The minimum Gasteiger partial charge on any atom is -0.444 e. The lowest BCUT2D eigenvalue weighted by Crippen LogP contribution is -2.51. The summed E-state index contributed by atoms with van der Waals surface area (Å²) in [6, 6.07) is 0. The van der Waals surface area contributed by atoms with Gasteiger partial charge in [-0.15, -0.1) is 0 Å². The number of amides is 1. The van der Waals surface area contributed by atoms with Crippen LogP contribution in [-0.2, 0) is 9.47 Å². The largest absolute Gasteiger partial charge is 0.444 e. The highest BCUT2D eigenvalue weighted by Crippen LogP contribution is 2.11. The molecular weight excluding hydrogens is 296 g/mol. The van der Waals surface area contributed by atoms with Crippen molar-refractivity contribution in [1.82, 2.24) is 15.1 Å². The van der Waals surface area contributed by atoms with Crippen molar-refractivity contribution in [2.24, 2.45) is 4.99 Å². The second-order valence-electron chi connectivity index (χ2n) is 7.00. The standard InChI is InChI=1S/C16H30N4O3/c1-5-19-8-9-22-13(11-19)10-18-14-12-20(7-6-17-14)15(21)23-16(2,3)4/h13H,5-12H2,1-4H3,(H,17,18). The third-order valence-electron chi connectivity index (χ3n) is 3.87. The Bertz CT molecular complexity index is 434. The Hall–Kier alpha value is -1.34. The molecule has 1 amide bonds. The number of nitrogens with zero attached hydrogens (tertiary/aromatic N) is 3. The van der Waals surface area contributed by atoms with Gasteiger partial charge in [-0.25, -0.2) is 4.79 Å². The molecule has 23 heavy (non-hydrogen) atoms. The lowest BCUT2D eigenvalue weighted by molar-refractivity contribution is -0.0234. The molecule has 1 fully saturated rings. The van der Waals surface area contributed by atoms with Crippen molar-refractivity contribution in [2.45, 2.75) is 39.4 Å². The molecule has 0 aromatic carbocycles. The molecular formula is C16H30N4O3. The maximum atomic E-state index is 12.1. The third-order valence-corrected chi connectivity index (χ3v) is 3.87. The number of amidine groups is 1. The Balaban J connectivity index is 1.78.